The lowest BCUT2D eigenvalue weighted by Gasteiger charge is -2.05. The number of nitrogens with one attached hydrogen (secondary N) is 2. The van der Waals surface area contributed by atoms with Crippen LogP contribution in [0.2, 0.25) is 0 Å². The fraction of sp³-hybridized carbons (Fsp3) is 0.105. The molecule has 130 valence electrons. The fourth-order valence-corrected chi connectivity index (χ4v) is 3.97. The molecule has 0 bridgehead atoms. The first-order chi connectivity index (χ1) is 12.5. The molecule has 2 N–H and O–H groups in total. The molecule has 0 saturated heterocycles. The van der Waals surface area contributed by atoms with E-state index in [9.17, 15) is 4.79 Å². The first kappa shape index (κ1) is 16.7. The van der Waals surface area contributed by atoms with E-state index in [2.05, 4.69) is 21.7 Å². The van der Waals surface area contributed by atoms with Crippen molar-refractivity contribution in [2.75, 3.05) is 5.32 Å². The quantitative estimate of drug-likeness (QED) is 0.489. The van der Waals surface area contributed by atoms with Crippen LogP contribution < -0.4 is 10.6 Å². The van der Waals surface area contributed by atoms with Crippen LogP contribution in [0.4, 0.5) is 5.13 Å². The number of thiocarbonyl (C=S) groups is 1. The highest BCUT2D eigenvalue weighted by Crippen LogP contribution is 2.30. The van der Waals surface area contributed by atoms with Crippen molar-refractivity contribution < 1.29 is 9.21 Å². The molecule has 7 heteroatoms. The predicted molar refractivity (Wildman–Crippen MR) is 109 cm³/mol. The summed E-state index contributed by atoms with van der Waals surface area (Å²) < 4.78 is 6.66. The Hall–Kier alpha value is -2.77. The van der Waals surface area contributed by atoms with Gasteiger partial charge in [0.25, 0.3) is 5.91 Å². The molecule has 0 atom stereocenters. The van der Waals surface area contributed by atoms with Crippen molar-refractivity contribution >= 4 is 60.9 Å². The Balaban J connectivity index is 1.50. The topological polar surface area (TPSA) is 67.2 Å². The molecule has 0 fully saturated rings. The Morgan fingerprint density at radius 3 is 2.69 bits per heavy atom. The summed E-state index contributed by atoms with van der Waals surface area (Å²) >= 11 is 6.75. The van der Waals surface area contributed by atoms with E-state index in [0.29, 0.717) is 10.7 Å². The Labute approximate surface area is 159 Å². The molecule has 5 nitrogen and oxygen atoms in total. The van der Waals surface area contributed by atoms with E-state index in [-0.39, 0.29) is 10.9 Å². The van der Waals surface area contributed by atoms with Crippen molar-refractivity contribution in [1.82, 2.24) is 10.3 Å². The van der Waals surface area contributed by atoms with Gasteiger partial charge < -0.3 is 9.73 Å². The second-order valence-corrected chi connectivity index (χ2v) is 7.36. The monoisotopic (exact) mass is 381 g/mol. The Morgan fingerprint density at radius 1 is 1.15 bits per heavy atom. The molecule has 0 unspecified atom stereocenters. The molecule has 0 aliphatic rings. The van der Waals surface area contributed by atoms with Gasteiger partial charge in [0.1, 0.15) is 5.58 Å². The van der Waals surface area contributed by atoms with E-state index in [1.54, 1.807) is 6.07 Å². The van der Waals surface area contributed by atoms with Crippen LogP contribution in [-0.2, 0) is 0 Å². The highest BCUT2D eigenvalue weighted by atomic mass is 32.1. The standard InChI is InChI=1S/C19H15N3O2S2/c1-10-7-8-11(2)16-15(10)20-19(26-16)22-18(25)21-17(23)14-9-12-5-3-4-6-13(12)24-14/h3-9H,1-2H3,(H2,20,21,22,23,25). The molecular weight excluding hydrogens is 366 g/mol. The number of carbonyl (C=O) groups is 1. The number of furan rings is 1. The molecular formula is C19H15N3O2S2. The third-order valence-corrected chi connectivity index (χ3v) is 5.35. The second-order valence-electron chi connectivity index (χ2n) is 5.95. The lowest BCUT2D eigenvalue weighted by atomic mass is 10.1. The van der Waals surface area contributed by atoms with Crippen LogP contribution in [0.3, 0.4) is 0 Å². The average molecular weight is 381 g/mol. The summed E-state index contributed by atoms with van der Waals surface area (Å²) in [6.45, 7) is 4.07. The minimum absolute atomic E-state index is 0.185. The molecule has 0 aliphatic carbocycles. The highest BCUT2D eigenvalue weighted by molar-refractivity contribution is 7.80. The van der Waals surface area contributed by atoms with E-state index in [1.807, 2.05) is 44.2 Å². The van der Waals surface area contributed by atoms with Crippen LogP contribution in [0, 0.1) is 13.8 Å². The Morgan fingerprint density at radius 2 is 1.92 bits per heavy atom. The molecule has 0 saturated carbocycles. The van der Waals surface area contributed by atoms with Gasteiger partial charge in [0.2, 0.25) is 0 Å². The lowest BCUT2D eigenvalue weighted by molar-refractivity contribution is 0.0953. The summed E-state index contributed by atoms with van der Waals surface area (Å²) in [6, 6.07) is 13.3. The van der Waals surface area contributed by atoms with Gasteiger partial charge in [-0.15, -0.1) is 0 Å². The number of para-hydroxylation sites is 1. The molecule has 1 amide bonds. The van der Waals surface area contributed by atoms with Gasteiger partial charge in [-0.3, -0.25) is 10.1 Å². The van der Waals surface area contributed by atoms with Gasteiger partial charge in [0, 0.05) is 5.39 Å². The first-order valence-electron chi connectivity index (χ1n) is 7.99. The number of benzene rings is 2. The zero-order chi connectivity index (χ0) is 18.3. The molecule has 2 aromatic heterocycles. The molecule has 0 spiro atoms. The summed E-state index contributed by atoms with van der Waals surface area (Å²) in [5.41, 5.74) is 3.87. The fourth-order valence-electron chi connectivity index (χ4n) is 2.70. The molecule has 2 heterocycles. The number of hydrogen-bond acceptors (Lipinski definition) is 5. The Bertz CT molecular complexity index is 1090. The number of aromatic nitrogens is 1. The zero-order valence-corrected chi connectivity index (χ0v) is 15.8. The smallest absolute Gasteiger partial charge is 0.293 e. The number of carbonyl (C=O) groups excluding carboxylic acids is 1. The van der Waals surface area contributed by atoms with Crippen molar-refractivity contribution in [2.45, 2.75) is 13.8 Å². The maximum absolute atomic E-state index is 12.3. The van der Waals surface area contributed by atoms with Crippen LogP contribution >= 0.6 is 23.6 Å². The van der Waals surface area contributed by atoms with E-state index in [1.165, 1.54) is 11.3 Å². The lowest BCUT2D eigenvalue weighted by Crippen LogP contribution is -2.33. The van der Waals surface area contributed by atoms with Crippen LogP contribution in [0.15, 0.2) is 46.9 Å². The number of anilines is 1. The Kier molecular flexibility index (Phi) is 4.18. The summed E-state index contributed by atoms with van der Waals surface area (Å²) in [6.07, 6.45) is 0. The van der Waals surface area contributed by atoms with Crippen LogP contribution in [-0.4, -0.2) is 16.0 Å². The average Bonchev–Trinajstić information content (AvgIpc) is 3.22. The number of fused-ring (bicyclic) bond motifs is 2. The van der Waals surface area contributed by atoms with Crippen LogP contribution in [0.1, 0.15) is 21.7 Å². The number of aryl methyl sites for hydroxylation is 2. The van der Waals surface area contributed by atoms with Gasteiger partial charge in [-0.05, 0) is 49.3 Å². The third-order valence-electron chi connectivity index (χ3n) is 4.04. The van der Waals surface area contributed by atoms with Gasteiger partial charge in [-0.25, -0.2) is 4.98 Å². The number of nitrogens with zero attached hydrogens (tertiary/aromatic N) is 1. The normalized spacial score (nSPS) is 11.0. The maximum atomic E-state index is 12.3. The maximum Gasteiger partial charge on any atom is 0.293 e. The van der Waals surface area contributed by atoms with Crippen LogP contribution in [0.25, 0.3) is 21.2 Å². The summed E-state index contributed by atoms with van der Waals surface area (Å²) in [5, 5.41) is 7.32. The van der Waals surface area contributed by atoms with Gasteiger partial charge >= 0.3 is 0 Å². The summed E-state index contributed by atoms with van der Waals surface area (Å²) in [4.78, 5) is 16.9. The van der Waals surface area contributed by atoms with E-state index >= 15 is 0 Å². The molecule has 4 aromatic rings. The van der Waals surface area contributed by atoms with Gasteiger partial charge in [0.15, 0.2) is 16.0 Å². The molecule has 0 radical (unpaired) electrons. The molecule has 0 aliphatic heterocycles. The van der Waals surface area contributed by atoms with E-state index < -0.39 is 5.91 Å². The number of thiazole rings is 1. The number of rotatable bonds is 2. The second kappa shape index (κ2) is 6.51. The van der Waals surface area contributed by atoms with Crippen molar-refractivity contribution in [1.29, 1.82) is 0 Å². The highest BCUT2D eigenvalue weighted by Gasteiger charge is 2.15. The zero-order valence-electron chi connectivity index (χ0n) is 14.1. The SMILES string of the molecule is Cc1ccc(C)c2sc(NC(=S)NC(=O)c3cc4ccccc4o3)nc12. The predicted octanol–water partition coefficient (Wildman–Crippen LogP) is 4.79. The summed E-state index contributed by atoms with van der Waals surface area (Å²) in [7, 11) is 0. The summed E-state index contributed by atoms with van der Waals surface area (Å²) in [5.74, 6) is -0.182. The third kappa shape index (κ3) is 3.07. The molecule has 2 aromatic carbocycles. The van der Waals surface area contributed by atoms with Gasteiger partial charge in [-0.1, -0.05) is 41.7 Å². The number of amides is 1. The number of hydrogen-bond donors (Lipinski definition) is 2. The van der Waals surface area contributed by atoms with Gasteiger partial charge in [0.05, 0.1) is 10.2 Å². The minimum Gasteiger partial charge on any atom is -0.451 e. The largest absolute Gasteiger partial charge is 0.451 e. The van der Waals surface area contributed by atoms with Crippen molar-refractivity contribution in [3.8, 4) is 0 Å². The molecule has 26 heavy (non-hydrogen) atoms. The minimum atomic E-state index is -0.396. The first-order valence-corrected chi connectivity index (χ1v) is 9.21. The van der Waals surface area contributed by atoms with E-state index in [0.717, 1.165) is 26.7 Å². The van der Waals surface area contributed by atoms with Crippen molar-refractivity contribution in [2.24, 2.45) is 0 Å². The van der Waals surface area contributed by atoms with Crippen molar-refractivity contribution in [3.05, 3.63) is 59.4 Å². The van der Waals surface area contributed by atoms with Gasteiger partial charge in [-0.2, -0.15) is 0 Å². The van der Waals surface area contributed by atoms with Crippen molar-refractivity contribution in [3.63, 3.8) is 0 Å². The van der Waals surface area contributed by atoms with E-state index in [4.69, 9.17) is 16.6 Å². The van der Waals surface area contributed by atoms with Crippen LogP contribution in [0.5, 0.6) is 0 Å². The molecule has 4 rings (SSSR count).